The molecule has 2 aromatic rings. The van der Waals surface area contributed by atoms with Crippen molar-refractivity contribution in [2.24, 2.45) is 0 Å². The minimum absolute atomic E-state index is 0.270. The number of amides is 1. The first-order valence-electron chi connectivity index (χ1n) is 5.78. The molecule has 20 heavy (non-hydrogen) atoms. The van der Waals surface area contributed by atoms with Crippen LogP contribution in [0.4, 0.5) is 5.69 Å². The molecule has 0 aromatic heterocycles. The quantitative estimate of drug-likeness (QED) is 0.865. The van der Waals surface area contributed by atoms with E-state index in [1.807, 2.05) is 19.1 Å². The van der Waals surface area contributed by atoms with E-state index in [9.17, 15) is 4.79 Å². The SMILES string of the molecule is Cc1cc(Br)ccc1C(=O)Nc1cc(Cl)ccc1C#N. The van der Waals surface area contributed by atoms with Crippen molar-refractivity contribution in [2.45, 2.75) is 6.92 Å². The van der Waals surface area contributed by atoms with Crippen molar-refractivity contribution in [1.82, 2.24) is 0 Å². The van der Waals surface area contributed by atoms with Gasteiger partial charge in [0, 0.05) is 15.1 Å². The third-order valence-electron chi connectivity index (χ3n) is 2.78. The molecule has 0 unspecified atom stereocenters. The number of anilines is 1. The van der Waals surface area contributed by atoms with Crippen LogP contribution in [0.25, 0.3) is 0 Å². The van der Waals surface area contributed by atoms with Crippen LogP contribution in [-0.2, 0) is 0 Å². The van der Waals surface area contributed by atoms with Crippen LogP contribution >= 0.6 is 27.5 Å². The maximum atomic E-state index is 12.2. The number of nitrogens with zero attached hydrogens (tertiary/aromatic N) is 1. The van der Waals surface area contributed by atoms with Crippen molar-refractivity contribution < 1.29 is 4.79 Å². The molecule has 0 heterocycles. The van der Waals surface area contributed by atoms with Crippen LogP contribution in [0.5, 0.6) is 0 Å². The fourth-order valence-electron chi connectivity index (χ4n) is 1.79. The average Bonchev–Trinajstić information content (AvgIpc) is 2.38. The topological polar surface area (TPSA) is 52.9 Å². The van der Waals surface area contributed by atoms with E-state index in [0.29, 0.717) is 21.8 Å². The Kier molecular flexibility index (Phi) is 4.43. The zero-order valence-corrected chi connectivity index (χ0v) is 12.9. The molecular weight excluding hydrogens is 340 g/mol. The van der Waals surface area contributed by atoms with E-state index >= 15 is 0 Å². The average molecular weight is 350 g/mol. The summed E-state index contributed by atoms with van der Waals surface area (Å²) in [7, 11) is 0. The summed E-state index contributed by atoms with van der Waals surface area (Å²) in [6.07, 6.45) is 0. The summed E-state index contributed by atoms with van der Waals surface area (Å²) in [5.74, 6) is -0.270. The Labute approximate surface area is 130 Å². The second-order valence-electron chi connectivity index (χ2n) is 4.22. The molecule has 0 aliphatic rings. The molecule has 0 atom stereocenters. The van der Waals surface area contributed by atoms with E-state index in [1.54, 1.807) is 30.3 Å². The molecule has 0 saturated carbocycles. The van der Waals surface area contributed by atoms with E-state index < -0.39 is 0 Å². The minimum Gasteiger partial charge on any atom is -0.321 e. The van der Waals surface area contributed by atoms with Gasteiger partial charge >= 0.3 is 0 Å². The van der Waals surface area contributed by atoms with Gasteiger partial charge in [0.15, 0.2) is 0 Å². The maximum absolute atomic E-state index is 12.2. The molecule has 3 nitrogen and oxygen atoms in total. The molecule has 2 aromatic carbocycles. The number of nitrogens with one attached hydrogen (secondary N) is 1. The number of nitriles is 1. The number of halogens is 2. The van der Waals surface area contributed by atoms with Crippen molar-refractivity contribution in [3.05, 3.63) is 62.6 Å². The molecule has 0 spiro atoms. The molecule has 0 saturated heterocycles. The highest BCUT2D eigenvalue weighted by molar-refractivity contribution is 9.10. The van der Waals surface area contributed by atoms with Gasteiger partial charge in [0.1, 0.15) is 6.07 Å². The zero-order valence-electron chi connectivity index (χ0n) is 10.6. The van der Waals surface area contributed by atoms with Gasteiger partial charge < -0.3 is 5.32 Å². The molecule has 1 N–H and O–H groups in total. The first-order chi connectivity index (χ1) is 9.51. The highest BCUT2D eigenvalue weighted by Gasteiger charge is 2.12. The summed E-state index contributed by atoms with van der Waals surface area (Å²) in [5, 5.41) is 12.2. The molecule has 1 amide bonds. The van der Waals surface area contributed by atoms with Gasteiger partial charge in [0.05, 0.1) is 11.3 Å². The maximum Gasteiger partial charge on any atom is 0.255 e. The van der Waals surface area contributed by atoms with E-state index in [4.69, 9.17) is 16.9 Å². The molecule has 5 heteroatoms. The van der Waals surface area contributed by atoms with Crippen molar-refractivity contribution in [3.63, 3.8) is 0 Å². The number of hydrogen-bond acceptors (Lipinski definition) is 2. The Bertz CT molecular complexity index is 722. The van der Waals surface area contributed by atoms with Crippen LogP contribution in [0, 0.1) is 18.3 Å². The van der Waals surface area contributed by atoms with Gasteiger partial charge in [-0.3, -0.25) is 4.79 Å². The lowest BCUT2D eigenvalue weighted by molar-refractivity contribution is 0.102. The van der Waals surface area contributed by atoms with E-state index in [1.165, 1.54) is 0 Å². The fourth-order valence-corrected chi connectivity index (χ4v) is 2.44. The fraction of sp³-hybridized carbons (Fsp3) is 0.0667. The standard InChI is InChI=1S/C15H10BrClN2O/c1-9-6-11(16)3-5-13(9)15(20)19-14-7-12(17)4-2-10(14)8-18/h2-7H,1H3,(H,19,20). The normalized spacial score (nSPS) is 9.90. The second-order valence-corrected chi connectivity index (χ2v) is 5.57. The summed E-state index contributed by atoms with van der Waals surface area (Å²) < 4.78 is 0.909. The van der Waals surface area contributed by atoms with Gasteiger partial charge in [0.2, 0.25) is 0 Å². The molecule has 0 fully saturated rings. The molecule has 0 aliphatic heterocycles. The van der Waals surface area contributed by atoms with Crippen LogP contribution in [-0.4, -0.2) is 5.91 Å². The number of benzene rings is 2. The summed E-state index contributed by atoms with van der Waals surface area (Å²) >= 11 is 9.24. The van der Waals surface area contributed by atoms with Crippen LogP contribution in [0.1, 0.15) is 21.5 Å². The van der Waals surface area contributed by atoms with Gasteiger partial charge in [0.25, 0.3) is 5.91 Å². The molecule has 0 radical (unpaired) electrons. The Morgan fingerprint density at radius 3 is 2.70 bits per heavy atom. The lowest BCUT2D eigenvalue weighted by Crippen LogP contribution is -2.14. The van der Waals surface area contributed by atoms with Crippen LogP contribution in [0.3, 0.4) is 0 Å². The predicted octanol–water partition coefficient (Wildman–Crippen LogP) is 4.53. The smallest absolute Gasteiger partial charge is 0.255 e. The first-order valence-corrected chi connectivity index (χ1v) is 6.95. The van der Waals surface area contributed by atoms with Crippen LogP contribution in [0.15, 0.2) is 40.9 Å². The van der Waals surface area contributed by atoms with Gasteiger partial charge in [-0.1, -0.05) is 27.5 Å². The van der Waals surface area contributed by atoms with E-state index in [2.05, 4.69) is 21.2 Å². The number of rotatable bonds is 2. The first kappa shape index (κ1) is 14.6. The van der Waals surface area contributed by atoms with Gasteiger partial charge in [-0.25, -0.2) is 0 Å². The third kappa shape index (κ3) is 3.19. The molecular formula is C15H10BrClN2O. The number of carbonyl (C=O) groups is 1. The summed E-state index contributed by atoms with van der Waals surface area (Å²) in [6.45, 7) is 1.85. The predicted molar refractivity (Wildman–Crippen MR) is 83.0 cm³/mol. The molecule has 100 valence electrons. The monoisotopic (exact) mass is 348 g/mol. The minimum atomic E-state index is -0.270. The molecule has 2 rings (SSSR count). The highest BCUT2D eigenvalue weighted by atomic mass is 79.9. The number of hydrogen-bond donors (Lipinski definition) is 1. The Balaban J connectivity index is 2.33. The Hall–Kier alpha value is -1.83. The van der Waals surface area contributed by atoms with Gasteiger partial charge in [-0.2, -0.15) is 5.26 Å². The Morgan fingerprint density at radius 1 is 1.30 bits per heavy atom. The second kappa shape index (κ2) is 6.08. The number of aryl methyl sites for hydroxylation is 1. The largest absolute Gasteiger partial charge is 0.321 e. The third-order valence-corrected chi connectivity index (χ3v) is 3.51. The van der Waals surface area contributed by atoms with Crippen LogP contribution < -0.4 is 5.32 Å². The van der Waals surface area contributed by atoms with Crippen LogP contribution in [0.2, 0.25) is 5.02 Å². The highest BCUT2D eigenvalue weighted by Crippen LogP contribution is 2.22. The molecule has 0 bridgehead atoms. The van der Waals surface area contributed by atoms with Crippen molar-refractivity contribution in [2.75, 3.05) is 5.32 Å². The zero-order chi connectivity index (χ0) is 14.7. The van der Waals surface area contributed by atoms with Crippen molar-refractivity contribution >= 4 is 39.1 Å². The Morgan fingerprint density at radius 2 is 2.05 bits per heavy atom. The summed E-state index contributed by atoms with van der Waals surface area (Å²) in [5.41, 5.74) is 2.18. The molecule has 0 aliphatic carbocycles. The summed E-state index contributed by atoms with van der Waals surface area (Å²) in [6, 6.07) is 12.2. The number of carbonyl (C=O) groups excluding carboxylic acids is 1. The van der Waals surface area contributed by atoms with Crippen molar-refractivity contribution in [3.8, 4) is 6.07 Å². The lowest BCUT2D eigenvalue weighted by Gasteiger charge is -2.09. The van der Waals surface area contributed by atoms with E-state index in [0.717, 1.165) is 10.0 Å². The van der Waals surface area contributed by atoms with Gasteiger partial charge in [-0.05, 0) is 48.9 Å². The van der Waals surface area contributed by atoms with Crippen molar-refractivity contribution in [1.29, 1.82) is 5.26 Å². The van der Waals surface area contributed by atoms with E-state index in [-0.39, 0.29) is 5.91 Å². The summed E-state index contributed by atoms with van der Waals surface area (Å²) in [4.78, 5) is 12.2. The van der Waals surface area contributed by atoms with Gasteiger partial charge in [-0.15, -0.1) is 0 Å². The lowest BCUT2D eigenvalue weighted by atomic mass is 10.1.